The summed E-state index contributed by atoms with van der Waals surface area (Å²) in [6.07, 6.45) is 4.32. The number of ketones is 1. The summed E-state index contributed by atoms with van der Waals surface area (Å²) in [7, 11) is 1.56. The molecule has 5 nitrogen and oxygen atoms in total. The van der Waals surface area contributed by atoms with Gasteiger partial charge in [-0.15, -0.1) is 0 Å². The third-order valence-electron chi connectivity index (χ3n) is 5.81. The summed E-state index contributed by atoms with van der Waals surface area (Å²) >= 11 is 0. The van der Waals surface area contributed by atoms with Gasteiger partial charge in [0, 0.05) is 19.2 Å². The molecular weight excluding hydrogens is 366 g/mol. The predicted octanol–water partition coefficient (Wildman–Crippen LogP) is 3.63. The van der Waals surface area contributed by atoms with E-state index in [2.05, 4.69) is 0 Å². The fourth-order valence-corrected chi connectivity index (χ4v) is 4.32. The molecule has 0 aromatic heterocycles. The van der Waals surface area contributed by atoms with Crippen molar-refractivity contribution in [2.75, 3.05) is 20.3 Å². The minimum absolute atomic E-state index is 0.106. The number of aliphatic hydroxyl groups excluding tert-OH is 1. The highest BCUT2D eigenvalue weighted by molar-refractivity contribution is 6.46. The van der Waals surface area contributed by atoms with Gasteiger partial charge in [-0.05, 0) is 48.4 Å². The molecule has 1 saturated heterocycles. The predicted molar refractivity (Wildman–Crippen MR) is 110 cm³/mol. The SMILES string of the molecule is COCCN1C(=O)C(=O)/C(=C(\O)c2ccc3c(c2)CCCC3)C1c1ccccc1. The first-order chi connectivity index (χ1) is 14.1. The number of aliphatic hydroxyl groups is 1. The highest BCUT2D eigenvalue weighted by atomic mass is 16.5. The number of nitrogens with zero attached hydrogens (tertiary/aromatic N) is 1. The summed E-state index contributed by atoms with van der Waals surface area (Å²) in [5, 5.41) is 11.1. The van der Waals surface area contributed by atoms with Gasteiger partial charge in [0.2, 0.25) is 0 Å². The largest absolute Gasteiger partial charge is 0.507 e. The molecule has 0 spiro atoms. The van der Waals surface area contributed by atoms with E-state index in [-0.39, 0.29) is 17.9 Å². The first-order valence-electron chi connectivity index (χ1n) is 10.1. The molecule has 2 aromatic carbocycles. The number of carbonyl (C=O) groups is 2. The number of hydrogen-bond donors (Lipinski definition) is 1. The summed E-state index contributed by atoms with van der Waals surface area (Å²) in [4.78, 5) is 27.2. The van der Waals surface area contributed by atoms with Crippen LogP contribution in [0.15, 0.2) is 54.1 Å². The van der Waals surface area contributed by atoms with Crippen molar-refractivity contribution in [3.63, 3.8) is 0 Å². The molecule has 1 unspecified atom stereocenters. The number of carbonyl (C=O) groups excluding carboxylic acids is 2. The number of rotatable bonds is 5. The van der Waals surface area contributed by atoms with Crippen LogP contribution in [0.2, 0.25) is 0 Å². The molecule has 29 heavy (non-hydrogen) atoms. The lowest BCUT2D eigenvalue weighted by Gasteiger charge is -2.25. The van der Waals surface area contributed by atoms with Crippen molar-refractivity contribution in [1.29, 1.82) is 0 Å². The maximum atomic E-state index is 12.9. The van der Waals surface area contributed by atoms with Gasteiger partial charge in [-0.2, -0.15) is 0 Å². The van der Waals surface area contributed by atoms with E-state index in [4.69, 9.17) is 4.74 Å². The second kappa shape index (κ2) is 8.21. The van der Waals surface area contributed by atoms with E-state index in [1.807, 2.05) is 48.5 Å². The first kappa shape index (κ1) is 19.4. The van der Waals surface area contributed by atoms with E-state index in [0.717, 1.165) is 24.8 Å². The Hall–Kier alpha value is -2.92. The molecular formula is C24H25NO4. The van der Waals surface area contributed by atoms with Crippen molar-refractivity contribution in [1.82, 2.24) is 4.90 Å². The monoisotopic (exact) mass is 391 g/mol. The van der Waals surface area contributed by atoms with E-state index in [1.165, 1.54) is 22.4 Å². The smallest absolute Gasteiger partial charge is 0.295 e. The third kappa shape index (κ3) is 3.58. The lowest BCUT2D eigenvalue weighted by molar-refractivity contribution is -0.140. The molecule has 0 bridgehead atoms. The van der Waals surface area contributed by atoms with E-state index < -0.39 is 17.7 Å². The van der Waals surface area contributed by atoms with Crippen LogP contribution in [-0.2, 0) is 27.2 Å². The minimum atomic E-state index is -0.648. The van der Waals surface area contributed by atoms with Crippen molar-refractivity contribution in [3.05, 3.63) is 76.4 Å². The van der Waals surface area contributed by atoms with Crippen LogP contribution in [0.1, 0.15) is 41.1 Å². The van der Waals surface area contributed by atoms with Crippen LogP contribution in [0, 0.1) is 0 Å². The molecule has 1 atom stereocenters. The Morgan fingerprint density at radius 3 is 2.52 bits per heavy atom. The van der Waals surface area contributed by atoms with Crippen LogP contribution >= 0.6 is 0 Å². The summed E-state index contributed by atoms with van der Waals surface area (Å²) in [6, 6.07) is 14.6. The first-order valence-corrected chi connectivity index (χ1v) is 10.1. The minimum Gasteiger partial charge on any atom is -0.507 e. The zero-order chi connectivity index (χ0) is 20.4. The average Bonchev–Trinajstić information content (AvgIpc) is 3.02. The number of likely N-dealkylation sites (tertiary alicyclic amines) is 1. The number of ether oxygens (including phenoxy) is 1. The number of aryl methyl sites for hydroxylation is 2. The maximum absolute atomic E-state index is 12.9. The van der Waals surface area contributed by atoms with E-state index >= 15 is 0 Å². The Morgan fingerprint density at radius 2 is 1.79 bits per heavy atom. The Morgan fingerprint density at radius 1 is 1.07 bits per heavy atom. The van der Waals surface area contributed by atoms with Crippen molar-refractivity contribution in [3.8, 4) is 0 Å². The Bertz CT molecular complexity index is 964. The van der Waals surface area contributed by atoms with Crippen molar-refractivity contribution < 1.29 is 19.4 Å². The lowest BCUT2D eigenvalue weighted by Crippen LogP contribution is -2.32. The van der Waals surface area contributed by atoms with Crippen LogP contribution in [-0.4, -0.2) is 42.0 Å². The number of fused-ring (bicyclic) bond motifs is 1. The number of Topliss-reactive ketones (excluding diaryl/α,β-unsaturated/α-hetero) is 1. The molecule has 4 rings (SSSR count). The van der Waals surface area contributed by atoms with Crippen molar-refractivity contribution in [2.45, 2.75) is 31.7 Å². The molecule has 1 N–H and O–H groups in total. The molecule has 1 aliphatic carbocycles. The van der Waals surface area contributed by atoms with Gasteiger partial charge in [0.15, 0.2) is 0 Å². The summed E-state index contributed by atoms with van der Waals surface area (Å²) in [5.41, 5.74) is 4.05. The molecule has 1 fully saturated rings. The van der Waals surface area contributed by atoms with E-state index in [1.54, 1.807) is 7.11 Å². The summed E-state index contributed by atoms with van der Waals surface area (Å²) < 4.78 is 5.13. The highest BCUT2D eigenvalue weighted by Crippen LogP contribution is 2.39. The van der Waals surface area contributed by atoms with Crippen LogP contribution < -0.4 is 0 Å². The topological polar surface area (TPSA) is 66.8 Å². The van der Waals surface area contributed by atoms with Crippen LogP contribution in [0.3, 0.4) is 0 Å². The lowest BCUT2D eigenvalue weighted by atomic mass is 9.89. The zero-order valence-electron chi connectivity index (χ0n) is 16.6. The Labute approximate surface area is 170 Å². The molecule has 1 aliphatic heterocycles. The molecule has 0 radical (unpaired) electrons. The second-order valence-corrected chi connectivity index (χ2v) is 7.59. The quantitative estimate of drug-likeness (QED) is 0.480. The molecule has 5 heteroatoms. The number of amides is 1. The van der Waals surface area contributed by atoms with Crippen molar-refractivity contribution >= 4 is 17.4 Å². The Balaban J connectivity index is 1.82. The number of benzene rings is 2. The van der Waals surface area contributed by atoms with Crippen molar-refractivity contribution in [2.24, 2.45) is 0 Å². The molecule has 2 aliphatic rings. The molecule has 2 aromatic rings. The van der Waals surface area contributed by atoms with E-state index in [9.17, 15) is 14.7 Å². The van der Waals surface area contributed by atoms with Gasteiger partial charge < -0.3 is 14.7 Å². The highest BCUT2D eigenvalue weighted by Gasteiger charge is 2.45. The van der Waals surface area contributed by atoms with Gasteiger partial charge in [0.25, 0.3) is 11.7 Å². The second-order valence-electron chi connectivity index (χ2n) is 7.59. The number of methoxy groups -OCH3 is 1. The van der Waals surface area contributed by atoms with Gasteiger partial charge in [-0.3, -0.25) is 9.59 Å². The van der Waals surface area contributed by atoms with E-state index in [0.29, 0.717) is 12.2 Å². The fraction of sp³-hybridized carbons (Fsp3) is 0.333. The van der Waals surface area contributed by atoms with Gasteiger partial charge in [0.1, 0.15) is 5.76 Å². The van der Waals surface area contributed by atoms with Crippen LogP contribution in [0.5, 0.6) is 0 Å². The summed E-state index contributed by atoms with van der Waals surface area (Å²) in [5.74, 6) is -1.36. The normalized spacial score (nSPS) is 20.7. The molecule has 0 saturated carbocycles. The van der Waals surface area contributed by atoms with Crippen LogP contribution in [0.25, 0.3) is 5.76 Å². The maximum Gasteiger partial charge on any atom is 0.295 e. The molecule has 150 valence electrons. The molecule has 1 heterocycles. The van der Waals surface area contributed by atoms with Gasteiger partial charge >= 0.3 is 0 Å². The average molecular weight is 391 g/mol. The Kier molecular flexibility index (Phi) is 5.49. The third-order valence-corrected chi connectivity index (χ3v) is 5.81. The summed E-state index contributed by atoms with van der Waals surface area (Å²) in [6.45, 7) is 0.594. The van der Waals surface area contributed by atoms with Gasteiger partial charge in [0.05, 0.1) is 18.2 Å². The van der Waals surface area contributed by atoms with Gasteiger partial charge in [-0.25, -0.2) is 0 Å². The zero-order valence-corrected chi connectivity index (χ0v) is 16.6. The van der Waals surface area contributed by atoms with Gasteiger partial charge in [-0.1, -0.05) is 42.5 Å². The fourth-order valence-electron chi connectivity index (χ4n) is 4.32. The number of hydrogen-bond acceptors (Lipinski definition) is 4. The van der Waals surface area contributed by atoms with Crippen LogP contribution in [0.4, 0.5) is 0 Å². The molecule has 1 amide bonds. The standard InChI is InChI=1S/C24H25NO4/c1-29-14-13-25-21(17-8-3-2-4-9-17)20(23(27)24(25)28)22(26)19-12-11-16-7-5-6-10-18(16)15-19/h2-4,8-9,11-12,15,21,26H,5-7,10,13-14H2,1H3/b22-20-.